The molecule has 0 spiro atoms. The Hall–Kier alpha value is -1.18. The van der Waals surface area contributed by atoms with Gasteiger partial charge in [-0.25, -0.2) is 4.98 Å². The summed E-state index contributed by atoms with van der Waals surface area (Å²) in [6.07, 6.45) is 3.63. The highest BCUT2D eigenvalue weighted by Crippen LogP contribution is 2.18. The van der Waals surface area contributed by atoms with E-state index in [9.17, 15) is 0 Å². The van der Waals surface area contributed by atoms with Crippen LogP contribution in [0.4, 0.5) is 5.82 Å². The van der Waals surface area contributed by atoms with Crippen molar-refractivity contribution in [3.05, 3.63) is 34.1 Å². The van der Waals surface area contributed by atoms with Crippen molar-refractivity contribution in [2.24, 2.45) is 0 Å². The van der Waals surface area contributed by atoms with Crippen molar-refractivity contribution in [1.29, 1.82) is 0 Å². The maximum absolute atomic E-state index is 4.38. The normalized spacial score (nSPS) is 14.9. The van der Waals surface area contributed by atoms with Crippen molar-refractivity contribution in [3.63, 3.8) is 0 Å². The van der Waals surface area contributed by atoms with Crippen molar-refractivity contribution in [1.82, 2.24) is 19.7 Å². The molecule has 0 aliphatic carbocycles. The summed E-state index contributed by atoms with van der Waals surface area (Å²) in [5.74, 6) is 2.02. The fourth-order valence-corrected chi connectivity index (χ4v) is 2.27. The Morgan fingerprint density at radius 2 is 2.25 bits per heavy atom. The molecular formula is C10H10IN5. The molecule has 1 aliphatic heterocycles. The number of aromatic nitrogens is 4. The van der Waals surface area contributed by atoms with E-state index in [-0.39, 0.29) is 0 Å². The molecule has 16 heavy (non-hydrogen) atoms. The van der Waals surface area contributed by atoms with Crippen LogP contribution in [0.2, 0.25) is 0 Å². The van der Waals surface area contributed by atoms with Gasteiger partial charge in [-0.3, -0.25) is 0 Å². The molecule has 0 amide bonds. The van der Waals surface area contributed by atoms with E-state index in [4.69, 9.17) is 0 Å². The van der Waals surface area contributed by atoms with Crippen LogP contribution in [0.25, 0.3) is 0 Å². The molecule has 0 atom stereocenters. The molecule has 2 aromatic heterocycles. The van der Waals surface area contributed by atoms with Gasteiger partial charge >= 0.3 is 0 Å². The summed E-state index contributed by atoms with van der Waals surface area (Å²) in [7, 11) is 0. The zero-order valence-electron chi connectivity index (χ0n) is 8.54. The molecule has 0 saturated carbocycles. The highest BCUT2D eigenvalue weighted by Gasteiger charge is 2.18. The second kappa shape index (κ2) is 4.00. The summed E-state index contributed by atoms with van der Waals surface area (Å²) in [5, 5.41) is 8.01. The second-order valence-corrected chi connectivity index (χ2v) is 4.94. The second-order valence-electron chi connectivity index (χ2n) is 3.69. The van der Waals surface area contributed by atoms with Gasteiger partial charge in [0.1, 0.15) is 12.1 Å². The van der Waals surface area contributed by atoms with E-state index in [2.05, 4.69) is 53.3 Å². The Morgan fingerprint density at radius 1 is 1.31 bits per heavy atom. The van der Waals surface area contributed by atoms with Gasteiger partial charge in [-0.2, -0.15) is 0 Å². The molecule has 6 heteroatoms. The number of rotatable bonds is 1. The molecule has 3 rings (SSSR count). The number of halogens is 1. The van der Waals surface area contributed by atoms with E-state index in [1.54, 1.807) is 6.33 Å². The Kier molecular flexibility index (Phi) is 2.50. The molecule has 0 unspecified atom stereocenters. The van der Waals surface area contributed by atoms with Gasteiger partial charge in [-0.1, -0.05) is 0 Å². The van der Waals surface area contributed by atoms with E-state index in [1.807, 2.05) is 12.3 Å². The Balaban J connectivity index is 1.88. The molecule has 0 saturated heterocycles. The van der Waals surface area contributed by atoms with Gasteiger partial charge in [0.15, 0.2) is 5.82 Å². The molecule has 0 N–H and O–H groups in total. The fourth-order valence-electron chi connectivity index (χ4n) is 1.83. The lowest BCUT2D eigenvalue weighted by Gasteiger charge is -2.27. The molecule has 0 fully saturated rings. The lowest BCUT2D eigenvalue weighted by molar-refractivity contribution is 0.556. The first-order valence-electron chi connectivity index (χ1n) is 5.06. The molecule has 0 bridgehead atoms. The summed E-state index contributed by atoms with van der Waals surface area (Å²) in [6.45, 7) is 2.67. The lowest BCUT2D eigenvalue weighted by atomic mass is 10.3. The maximum Gasteiger partial charge on any atom is 0.152 e. The van der Waals surface area contributed by atoms with E-state index < -0.39 is 0 Å². The summed E-state index contributed by atoms with van der Waals surface area (Å²) >= 11 is 2.30. The number of hydrogen-bond acceptors (Lipinski definition) is 4. The molecule has 3 heterocycles. The van der Waals surface area contributed by atoms with E-state index in [0.29, 0.717) is 0 Å². The molecule has 5 nitrogen and oxygen atoms in total. The quantitative estimate of drug-likeness (QED) is 0.741. The van der Waals surface area contributed by atoms with Crippen molar-refractivity contribution < 1.29 is 0 Å². The zero-order valence-corrected chi connectivity index (χ0v) is 10.7. The first-order chi connectivity index (χ1) is 7.83. The van der Waals surface area contributed by atoms with Gasteiger partial charge in [0.05, 0.1) is 6.54 Å². The van der Waals surface area contributed by atoms with Crippen molar-refractivity contribution >= 4 is 28.4 Å². The van der Waals surface area contributed by atoms with Gasteiger partial charge in [-0.05, 0) is 34.7 Å². The molecule has 82 valence electrons. The SMILES string of the molecule is Ic1ccnc(N2CCn3cnnc3C2)c1. The number of pyridine rings is 1. The third-order valence-corrected chi connectivity index (χ3v) is 3.34. The number of fused-ring (bicyclic) bond motifs is 1. The predicted octanol–water partition coefficient (Wildman–Crippen LogP) is 1.30. The Bertz CT molecular complexity index is 509. The minimum absolute atomic E-state index is 0.785. The van der Waals surface area contributed by atoms with E-state index in [1.165, 1.54) is 3.57 Å². The maximum atomic E-state index is 4.38. The third kappa shape index (κ3) is 1.77. The van der Waals surface area contributed by atoms with Gasteiger partial charge in [0.25, 0.3) is 0 Å². The minimum Gasteiger partial charge on any atom is -0.347 e. The van der Waals surface area contributed by atoms with Crippen LogP contribution in [-0.2, 0) is 13.1 Å². The van der Waals surface area contributed by atoms with Crippen molar-refractivity contribution in [2.45, 2.75) is 13.1 Å². The van der Waals surface area contributed by atoms with E-state index in [0.717, 1.165) is 31.3 Å². The monoisotopic (exact) mass is 327 g/mol. The Morgan fingerprint density at radius 3 is 3.12 bits per heavy atom. The summed E-state index contributed by atoms with van der Waals surface area (Å²) in [6, 6.07) is 4.09. The smallest absolute Gasteiger partial charge is 0.152 e. The van der Waals surface area contributed by atoms with Crippen LogP contribution in [0.3, 0.4) is 0 Å². The Labute approximate surface area is 107 Å². The molecule has 1 aliphatic rings. The van der Waals surface area contributed by atoms with Crippen LogP contribution in [0.1, 0.15) is 5.82 Å². The molecular weight excluding hydrogens is 317 g/mol. The predicted molar refractivity (Wildman–Crippen MR) is 68.0 cm³/mol. The third-order valence-electron chi connectivity index (χ3n) is 2.67. The standard InChI is InChI=1S/C10H10IN5/c11-8-1-2-12-9(5-8)15-3-4-16-7-13-14-10(16)6-15/h1-2,5,7H,3-4,6H2. The number of anilines is 1. The highest BCUT2D eigenvalue weighted by atomic mass is 127. The lowest BCUT2D eigenvalue weighted by Crippen LogP contribution is -2.34. The fraction of sp³-hybridized carbons (Fsp3) is 0.300. The molecule has 0 radical (unpaired) electrons. The highest BCUT2D eigenvalue weighted by molar-refractivity contribution is 14.1. The van der Waals surface area contributed by atoms with Crippen LogP contribution >= 0.6 is 22.6 Å². The summed E-state index contributed by atoms with van der Waals surface area (Å²) in [5.41, 5.74) is 0. The summed E-state index contributed by atoms with van der Waals surface area (Å²) < 4.78 is 3.29. The van der Waals surface area contributed by atoms with Crippen molar-refractivity contribution in [2.75, 3.05) is 11.4 Å². The molecule has 0 aromatic carbocycles. The first-order valence-corrected chi connectivity index (χ1v) is 6.14. The number of nitrogens with zero attached hydrogens (tertiary/aromatic N) is 5. The average molecular weight is 327 g/mol. The van der Waals surface area contributed by atoms with Crippen LogP contribution in [0, 0.1) is 3.57 Å². The summed E-state index contributed by atoms with van der Waals surface area (Å²) in [4.78, 5) is 6.61. The van der Waals surface area contributed by atoms with Crippen LogP contribution in [-0.4, -0.2) is 26.3 Å². The molecule has 2 aromatic rings. The van der Waals surface area contributed by atoms with Gasteiger partial charge < -0.3 is 9.47 Å². The van der Waals surface area contributed by atoms with Gasteiger partial charge in [-0.15, -0.1) is 10.2 Å². The van der Waals surface area contributed by atoms with Gasteiger partial charge in [0.2, 0.25) is 0 Å². The average Bonchev–Trinajstić information content (AvgIpc) is 2.75. The number of hydrogen-bond donors (Lipinski definition) is 0. The zero-order chi connectivity index (χ0) is 11.0. The van der Waals surface area contributed by atoms with Gasteiger partial charge in [0, 0.05) is 22.9 Å². The largest absolute Gasteiger partial charge is 0.347 e. The topological polar surface area (TPSA) is 46.8 Å². The van der Waals surface area contributed by atoms with Crippen LogP contribution in [0.15, 0.2) is 24.7 Å². The van der Waals surface area contributed by atoms with E-state index >= 15 is 0 Å². The van der Waals surface area contributed by atoms with Crippen LogP contribution in [0.5, 0.6) is 0 Å². The van der Waals surface area contributed by atoms with Crippen LogP contribution < -0.4 is 4.90 Å². The van der Waals surface area contributed by atoms with Crippen molar-refractivity contribution in [3.8, 4) is 0 Å². The minimum atomic E-state index is 0.785. The first kappa shape index (κ1) is 10.0.